The molecule has 2 amide bonds. The fourth-order valence-corrected chi connectivity index (χ4v) is 2.31. The van der Waals surface area contributed by atoms with Crippen LogP contribution in [0.5, 0.6) is 0 Å². The molecule has 28 heavy (non-hydrogen) atoms. The van der Waals surface area contributed by atoms with Gasteiger partial charge in [-0.25, -0.2) is 14.2 Å². The first-order valence-electron chi connectivity index (χ1n) is 8.28. The van der Waals surface area contributed by atoms with Crippen LogP contribution in [0.2, 0.25) is 0 Å². The molecule has 3 rings (SSSR count). The van der Waals surface area contributed by atoms with Crippen LogP contribution in [0.4, 0.5) is 14.5 Å². The van der Waals surface area contributed by atoms with Gasteiger partial charge in [-0.1, -0.05) is 18.2 Å². The predicted molar refractivity (Wildman–Crippen MR) is 102 cm³/mol. The van der Waals surface area contributed by atoms with Gasteiger partial charge in [-0.05, 0) is 54.6 Å². The van der Waals surface area contributed by atoms with Gasteiger partial charge in [0, 0.05) is 22.4 Å². The molecule has 0 aromatic heterocycles. The topological polar surface area (TPSA) is 70.6 Å². The van der Waals surface area contributed by atoms with Gasteiger partial charge in [0.2, 0.25) is 0 Å². The van der Waals surface area contributed by atoms with E-state index in [4.69, 9.17) is 0 Å². The van der Waals surface area contributed by atoms with Gasteiger partial charge < -0.3 is 5.32 Å². The number of carbonyl (C=O) groups is 2. The minimum atomic E-state index is -0.482. The van der Waals surface area contributed by atoms with Gasteiger partial charge in [-0.15, -0.1) is 0 Å². The number of nitrogens with one attached hydrogen (secondary N) is 2. The van der Waals surface area contributed by atoms with Gasteiger partial charge in [-0.2, -0.15) is 5.10 Å². The number of hydrogen-bond donors (Lipinski definition) is 2. The van der Waals surface area contributed by atoms with E-state index in [0.29, 0.717) is 16.8 Å². The Balaban J connectivity index is 1.59. The van der Waals surface area contributed by atoms with E-state index in [1.807, 2.05) is 0 Å². The molecule has 5 nitrogen and oxygen atoms in total. The molecule has 0 fully saturated rings. The first-order valence-corrected chi connectivity index (χ1v) is 8.28. The summed E-state index contributed by atoms with van der Waals surface area (Å²) >= 11 is 0. The zero-order valence-electron chi connectivity index (χ0n) is 14.5. The van der Waals surface area contributed by atoms with Crippen molar-refractivity contribution in [2.24, 2.45) is 5.10 Å². The second kappa shape index (κ2) is 8.68. The number of halogens is 2. The van der Waals surface area contributed by atoms with Crippen molar-refractivity contribution in [1.82, 2.24) is 5.43 Å². The van der Waals surface area contributed by atoms with Crippen LogP contribution in [0.3, 0.4) is 0 Å². The van der Waals surface area contributed by atoms with E-state index < -0.39 is 23.4 Å². The van der Waals surface area contributed by atoms with Crippen LogP contribution in [0.15, 0.2) is 77.9 Å². The Morgan fingerprint density at radius 1 is 0.786 bits per heavy atom. The first-order chi connectivity index (χ1) is 13.5. The molecule has 3 aromatic carbocycles. The monoisotopic (exact) mass is 379 g/mol. The number of hydrazone groups is 1. The maximum Gasteiger partial charge on any atom is 0.271 e. The zero-order valence-corrected chi connectivity index (χ0v) is 14.5. The van der Waals surface area contributed by atoms with Gasteiger partial charge in [0.05, 0.1) is 6.21 Å². The summed E-state index contributed by atoms with van der Waals surface area (Å²) in [4.78, 5) is 24.2. The standard InChI is InChI=1S/C21H15F2N3O2/c22-17-9-5-14(6-10-17)20(27)25-18-11-7-15(8-12-18)21(28)26-24-13-16-3-1-2-4-19(16)23/h1-13H,(H,25,27)(H,26,28)/b24-13-. The lowest BCUT2D eigenvalue weighted by atomic mass is 10.1. The van der Waals surface area contributed by atoms with Crippen LogP contribution in [0.1, 0.15) is 26.3 Å². The highest BCUT2D eigenvalue weighted by molar-refractivity contribution is 6.04. The molecule has 0 spiro atoms. The molecule has 140 valence electrons. The third-order valence-electron chi connectivity index (χ3n) is 3.79. The molecule has 0 radical (unpaired) electrons. The molecule has 3 aromatic rings. The number of carbonyl (C=O) groups excluding carboxylic acids is 2. The number of amides is 2. The fraction of sp³-hybridized carbons (Fsp3) is 0. The third-order valence-corrected chi connectivity index (χ3v) is 3.79. The van der Waals surface area contributed by atoms with Crippen molar-refractivity contribution in [1.29, 1.82) is 0 Å². The number of anilines is 1. The number of benzene rings is 3. The van der Waals surface area contributed by atoms with Crippen LogP contribution < -0.4 is 10.7 Å². The van der Waals surface area contributed by atoms with E-state index in [1.54, 1.807) is 24.3 Å². The van der Waals surface area contributed by atoms with Gasteiger partial charge in [0.1, 0.15) is 11.6 Å². The van der Waals surface area contributed by atoms with Crippen LogP contribution in [0.25, 0.3) is 0 Å². The fourth-order valence-electron chi connectivity index (χ4n) is 2.31. The summed E-state index contributed by atoms with van der Waals surface area (Å²) < 4.78 is 26.4. The molecule has 2 N–H and O–H groups in total. The largest absolute Gasteiger partial charge is 0.322 e. The molecule has 0 saturated carbocycles. The molecule has 0 unspecified atom stereocenters. The molecule has 0 aliphatic carbocycles. The highest BCUT2D eigenvalue weighted by atomic mass is 19.1. The van der Waals surface area contributed by atoms with Crippen molar-refractivity contribution >= 4 is 23.7 Å². The maximum absolute atomic E-state index is 13.5. The molecule has 0 atom stereocenters. The summed E-state index contributed by atoms with van der Waals surface area (Å²) in [6.45, 7) is 0. The van der Waals surface area contributed by atoms with E-state index in [1.165, 1.54) is 54.7 Å². The molecule has 0 aliphatic rings. The summed E-state index contributed by atoms with van der Waals surface area (Å²) in [5.41, 5.74) is 3.65. The van der Waals surface area contributed by atoms with Gasteiger partial charge in [-0.3, -0.25) is 9.59 Å². The summed E-state index contributed by atoms with van der Waals surface area (Å²) in [7, 11) is 0. The second-order valence-corrected chi connectivity index (χ2v) is 5.76. The highest BCUT2D eigenvalue weighted by Crippen LogP contribution is 2.12. The number of rotatable bonds is 5. The van der Waals surface area contributed by atoms with Crippen LogP contribution in [0, 0.1) is 11.6 Å². The lowest BCUT2D eigenvalue weighted by Crippen LogP contribution is -2.18. The van der Waals surface area contributed by atoms with Crippen molar-refractivity contribution in [3.63, 3.8) is 0 Å². The van der Waals surface area contributed by atoms with E-state index >= 15 is 0 Å². The average molecular weight is 379 g/mol. The van der Waals surface area contributed by atoms with E-state index in [9.17, 15) is 18.4 Å². The van der Waals surface area contributed by atoms with E-state index in [-0.39, 0.29) is 5.56 Å². The Bertz CT molecular complexity index is 1020. The summed E-state index contributed by atoms with van der Waals surface area (Å²) in [5, 5.41) is 6.38. The average Bonchev–Trinajstić information content (AvgIpc) is 2.70. The molecule has 0 heterocycles. The molecule has 0 bridgehead atoms. The Kier molecular flexibility index (Phi) is 5.86. The first kappa shape index (κ1) is 18.9. The second-order valence-electron chi connectivity index (χ2n) is 5.76. The Hall–Kier alpha value is -3.87. The van der Waals surface area contributed by atoms with Gasteiger partial charge in [0.15, 0.2) is 0 Å². The summed E-state index contributed by atoms with van der Waals surface area (Å²) in [6, 6.07) is 17.3. The quantitative estimate of drug-likeness (QED) is 0.520. The van der Waals surface area contributed by atoms with Crippen molar-refractivity contribution in [3.8, 4) is 0 Å². The molecule has 0 aliphatic heterocycles. The van der Waals surface area contributed by atoms with Gasteiger partial charge in [0.25, 0.3) is 11.8 Å². The predicted octanol–water partition coefficient (Wildman–Crippen LogP) is 3.98. The summed E-state index contributed by atoms with van der Waals surface area (Å²) in [6.07, 6.45) is 1.21. The number of nitrogens with zero attached hydrogens (tertiary/aromatic N) is 1. The van der Waals surface area contributed by atoms with E-state index in [2.05, 4.69) is 15.8 Å². The SMILES string of the molecule is O=C(N/N=C\c1ccccc1F)c1ccc(NC(=O)c2ccc(F)cc2)cc1. The Morgan fingerprint density at radius 2 is 1.39 bits per heavy atom. The lowest BCUT2D eigenvalue weighted by molar-refractivity contribution is 0.0954. The van der Waals surface area contributed by atoms with Crippen molar-refractivity contribution in [3.05, 3.63) is 101 Å². The normalized spacial score (nSPS) is 10.6. The van der Waals surface area contributed by atoms with Crippen molar-refractivity contribution in [2.45, 2.75) is 0 Å². The van der Waals surface area contributed by atoms with Crippen LogP contribution in [-0.2, 0) is 0 Å². The Morgan fingerprint density at radius 3 is 2.07 bits per heavy atom. The minimum absolute atomic E-state index is 0.252. The lowest BCUT2D eigenvalue weighted by Gasteiger charge is -2.06. The van der Waals surface area contributed by atoms with Crippen molar-refractivity contribution in [2.75, 3.05) is 5.32 Å². The third kappa shape index (κ3) is 4.85. The zero-order chi connectivity index (χ0) is 19.9. The molecular formula is C21H15F2N3O2. The molecule has 0 saturated heterocycles. The molecule has 7 heteroatoms. The Labute approximate surface area is 159 Å². The van der Waals surface area contributed by atoms with Crippen LogP contribution >= 0.6 is 0 Å². The number of hydrogen-bond acceptors (Lipinski definition) is 3. The highest BCUT2D eigenvalue weighted by Gasteiger charge is 2.08. The van der Waals surface area contributed by atoms with Crippen molar-refractivity contribution < 1.29 is 18.4 Å². The molecular weight excluding hydrogens is 364 g/mol. The smallest absolute Gasteiger partial charge is 0.271 e. The summed E-state index contributed by atoms with van der Waals surface area (Å²) in [5.74, 6) is -1.75. The van der Waals surface area contributed by atoms with Crippen LogP contribution in [-0.4, -0.2) is 18.0 Å². The van der Waals surface area contributed by atoms with Gasteiger partial charge >= 0.3 is 0 Å². The maximum atomic E-state index is 13.5. The minimum Gasteiger partial charge on any atom is -0.322 e. The van der Waals surface area contributed by atoms with E-state index in [0.717, 1.165) is 0 Å².